The second-order valence-electron chi connectivity index (χ2n) is 6.21. The topological polar surface area (TPSA) is 63.6 Å². The summed E-state index contributed by atoms with van der Waals surface area (Å²) in [6.07, 6.45) is 3.29. The molecule has 24 heavy (non-hydrogen) atoms. The van der Waals surface area contributed by atoms with Crippen molar-refractivity contribution in [1.29, 1.82) is 0 Å². The van der Waals surface area contributed by atoms with Gasteiger partial charge in [-0.3, -0.25) is 9.59 Å². The first-order valence-electron chi connectivity index (χ1n) is 8.39. The van der Waals surface area contributed by atoms with E-state index >= 15 is 0 Å². The molecular formula is C20H28O4. The molecule has 0 aliphatic carbocycles. The number of esters is 1. The minimum Gasteiger partial charge on any atom is -0.461 e. The molecule has 0 amide bonds. The second kappa shape index (κ2) is 9.38. The van der Waals surface area contributed by atoms with Crippen LogP contribution in [0, 0.1) is 12.8 Å². The van der Waals surface area contributed by atoms with Crippen LogP contribution in [0.3, 0.4) is 0 Å². The monoisotopic (exact) mass is 332 g/mol. The molecule has 3 atom stereocenters. The van der Waals surface area contributed by atoms with E-state index in [-0.39, 0.29) is 36.6 Å². The number of aliphatic hydroxyl groups is 1. The summed E-state index contributed by atoms with van der Waals surface area (Å²) in [5.74, 6) is -0.834. The summed E-state index contributed by atoms with van der Waals surface area (Å²) in [6.45, 7) is 8.98. The van der Waals surface area contributed by atoms with E-state index in [0.717, 1.165) is 16.7 Å². The molecular weight excluding hydrogens is 304 g/mol. The molecule has 132 valence electrons. The summed E-state index contributed by atoms with van der Waals surface area (Å²) >= 11 is 0. The zero-order valence-electron chi connectivity index (χ0n) is 15.2. The number of aliphatic hydroxyl groups excluding tert-OH is 1. The Labute approximate surface area is 144 Å². The number of hydrogen-bond donors (Lipinski definition) is 1. The maximum Gasteiger partial charge on any atom is 0.305 e. The summed E-state index contributed by atoms with van der Waals surface area (Å²) in [5, 5.41) is 9.05. The highest BCUT2D eigenvalue weighted by atomic mass is 16.5. The fraction of sp³-hybridized carbons (Fsp3) is 0.500. The molecule has 0 spiro atoms. The third-order valence-corrected chi connectivity index (χ3v) is 4.32. The van der Waals surface area contributed by atoms with Crippen LogP contribution in [0.25, 0.3) is 6.08 Å². The van der Waals surface area contributed by atoms with Gasteiger partial charge in [0.05, 0.1) is 12.5 Å². The van der Waals surface area contributed by atoms with E-state index in [1.165, 1.54) is 6.92 Å². The van der Waals surface area contributed by atoms with Gasteiger partial charge in [0, 0.05) is 12.3 Å². The first kappa shape index (κ1) is 20.1. The van der Waals surface area contributed by atoms with Gasteiger partial charge >= 0.3 is 5.97 Å². The predicted molar refractivity (Wildman–Crippen MR) is 95.7 cm³/mol. The number of aryl methyl sites for hydroxylation is 1. The Balaban J connectivity index is 3.26. The predicted octanol–water partition coefficient (Wildman–Crippen LogP) is 3.65. The van der Waals surface area contributed by atoms with Crippen molar-refractivity contribution < 1.29 is 19.4 Å². The Bertz CT molecular complexity index is 604. The number of ether oxygens (including phenoxy) is 1. The van der Waals surface area contributed by atoms with Crippen LogP contribution in [-0.4, -0.2) is 29.6 Å². The largest absolute Gasteiger partial charge is 0.461 e. The average Bonchev–Trinajstić information content (AvgIpc) is 2.56. The van der Waals surface area contributed by atoms with Gasteiger partial charge in [-0.2, -0.15) is 0 Å². The Morgan fingerprint density at radius 3 is 2.50 bits per heavy atom. The van der Waals surface area contributed by atoms with Crippen molar-refractivity contribution in [3.8, 4) is 0 Å². The SMILES string of the molecule is CCC(=O)O[C@H]([C@@H](C)C(C)=O)[C@@H](C)c1ccc(C)cc1C=CCO. The zero-order valence-corrected chi connectivity index (χ0v) is 15.2. The lowest BCUT2D eigenvalue weighted by molar-refractivity contribution is -0.154. The normalized spacial score (nSPS) is 15.1. The Kier molecular flexibility index (Phi) is 7.86. The highest BCUT2D eigenvalue weighted by Crippen LogP contribution is 2.31. The van der Waals surface area contributed by atoms with Gasteiger partial charge in [-0.15, -0.1) is 0 Å². The van der Waals surface area contributed by atoms with Crippen LogP contribution in [0.2, 0.25) is 0 Å². The molecule has 0 heterocycles. The molecule has 0 fully saturated rings. The smallest absolute Gasteiger partial charge is 0.305 e. The van der Waals surface area contributed by atoms with Gasteiger partial charge in [-0.05, 0) is 25.0 Å². The number of carbonyl (C=O) groups excluding carboxylic acids is 2. The van der Waals surface area contributed by atoms with Crippen LogP contribution in [0.15, 0.2) is 24.3 Å². The quantitative estimate of drug-likeness (QED) is 0.738. The molecule has 0 unspecified atom stereocenters. The van der Waals surface area contributed by atoms with Gasteiger partial charge in [0.25, 0.3) is 0 Å². The van der Waals surface area contributed by atoms with Gasteiger partial charge in [-0.1, -0.05) is 56.7 Å². The van der Waals surface area contributed by atoms with Crippen molar-refractivity contribution in [3.05, 3.63) is 41.0 Å². The standard InChI is InChI=1S/C20H28O4/c1-6-19(23)24-20(14(3)16(5)22)15(4)18-10-9-13(2)12-17(18)8-7-11-21/h7-10,12,14-15,20-21H,6,11H2,1-5H3/t14-,15-,20+/m0/s1. The number of hydrogen-bond acceptors (Lipinski definition) is 4. The van der Waals surface area contributed by atoms with Crippen LogP contribution < -0.4 is 0 Å². The van der Waals surface area contributed by atoms with Crippen molar-refractivity contribution in [2.45, 2.75) is 53.1 Å². The number of Topliss-reactive ketones (excluding diaryl/α,β-unsaturated/α-hetero) is 1. The minimum absolute atomic E-state index is 0.00434. The molecule has 0 bridgehead atoms. The van der Waals surface area contributed by atoms with E-state index in [1.54, 1.807) is 19.9 Å². The summed E-state index contributed by atoms with van der Waals surface area (Å²) in [7, 11) is 0. The van der Waals surface area contributed by atoms with Crippen LogP contribution in [0.5, 0.6) is 0 Å². The van der Waals surface area contributed by atoms with Crippen LogP contribution in [-0.2, 0) is 14.3 Å². The average molecular weight is 332 g/mol. The van der Waals surface area contributed by atoms with Crippen molar-refractivity contribution in [3.63, 3.8) is 0 Å². The lowest BCUT2D eigenvalue weighted by Gasteiger charge is -2.29. The fourth-order valence-corrected chi connectivity index (χ4v) is 2.71. The third-order valence-electron chi connectivity index (χ3n) is 4.32. The number of benzene rings is 1. The lowest BCUT2D eigenvalue weighted by Crippen LogP contribution is -2.34. The van der Waals surface area contributed by atoms with E-state index in [0.29, 0.717) is 0 Å². The van der Waals surface area contributed by atoms with Gasteiger partial charge in [0.2, 0.25) is 0 Å². The number of rotatable bonds is 8. The summed E-state index contributed by atoms with van der Waals surface area (Å²) in [4.78, 5) is 23.7. The highest BCUT2D eigenvalue weighted by Gasteiger charge is 2.31. The fourth-order valence-electron chi connectivity index (χ4n) is 2.71. The van der Waals surface area contributed by atoms with Gasteiger partial charge in [-0.25, -0.2) is 0 Å². The van der Waals surface area contributed by atoms with E-state index in [4.69, 9.17) is 9.84 Å². The molecule has 0 aliphatic heterocycles. The molecule has 0 radical (unpaired) electrons. The second-order valence-corrected chi connectivity index (χ2v) is 6.21. The molecule has 1 aromatic carbocycles. The first-order valence-corrected chi connectivity index (χ1v) is 8.39. The molecule has 4 nitrogen and oxygen atoms in total. The molecule has 0 aromatic heterocycles. The Morgan fingerprint density at radius 2 is 1.96 bits per heavy atom. The first-order chi connectivity index (χ1) is 11.3. The van der Waals surface area contributed by atoms with Gasteiger partial charge in [0.1, 0.15) is 11.9 Å². The Morgan fingerprint density at radius 1 is 1.29 bits per heavy atom. The minimum atomic E-state index is -0.515. The van der Waals surface area contributed by atoms with Crippen LogP contribution in [0.1, 0.15) is 56.7 Å². The highest BCUT2D eigenvalue weighted by molar-refractivity contribution is 5.79. The summed E-state index contributed by atoms with van der Waals surface area (Å²) in [6, 6.07) is 6.02. The Hall–Kier alpha value is -1.94. The van der Waals surface area contributed by atoms with Crippen molar-refractivity contribution in [2.75, 3.05) is 6.61 Å². The molecule has 4 heteroatoms. The maximum absolute atomic E-state index is 11.9. The maximum atomic E-state index is 11.9. The van der Waals surface area contributed by atoms with E-state index in [9.17, 15) is 9.59 Å². The molecule has 1 N–H and O–H groups in total. The molecule has 1 rings (SSSR count). The zero-order chi connectivity index (χ0) is 18.3. The molecule has 1 aromatic rings. The molecule has 0 aliphatic rings. The summed E-state index contributed by atoms with van der Waals surface area (Å²) in [5.41, 5.74) is 3.06. The van der Waals surface area contributed by atoms with Crippen molar-refractivity contribution in [1.82, 2.24) is 0 Å². The van der Waals surface area contributed by atoms with Gasteiger partial charge in [0.15, 0.2) is 0 Å². The third kappa shape index (κ3) is 5.31. The molecule has 0 saturated heterocycles. The van der Waals surface area contributed by atoms with Crippen molar-refractivity contribution >= 4 is 17.8 Å². The molecule has 0 saturated carbocycles. The van der Waals surface area contributed by atoms with Crippen molar-refractivity contribution in [2.24, 2.45) is 5.92 Å². The summed E-state index contributed by atoms with van der Waals surface area (Å²) < 4.78 is 5.60. The van der Waals surface area contributed by atoms with E-state index in [2.05, 4.69) is 0 Å². The number of ketones is 1. The van der Waals surface area contributed by atoms with Crippen LogP contribution >= 0.6 is 0 Å². The van der Waals surface area contributed by atoms with Gasteiger partial charge < -0.3 is 9.84 Å². The lowest BCUT2D eigenvalue weighted by atomic mass is 9.83. The van der Waals surface area contributed by atoms with Crippen LogP contribution in [0.4, 0.5) is 0 Å². The van der Waals surface area contributed by atoms with E-state index in [1.807, 2.05) is 38.1 Å². The number of carbonyl (C=O) groups is 2. The van der Waals surface area contributed by atoms with E-state index < -0.39 is 6.10 Å².